The van der Waals surface area contributed by atoms with Crippen LogP contribution in [0.5, 0.6) is 11.5 Å². The molecule has 194 valence electrons. The second-order valence-corrected chi connectivity index (χ2v) is 9.55. The Labute approximate surface area is 238 Å². The summed E-state index contributed by atoms with van der Waals surface area (Å²) in [6.07, 6.45) is 0. The highest BCUT2D eigenvalue weighted by Gasteiger charge is 2.39. The SMILES string of the molecule is O=C(Nc1ccc(Oc2ccccc2)cc1)c1cccc(NC2=C(Cl)C(=O)N(c3ccc(Cl)cc3Cl)C2=O)c1. The minimum absolute atomic E-state index is 0.119. The first-order valence-corrected chi connectivity index (χ1v) is 12.7. The molecule has 0 radical (unpaired) electrons. The van der Waals surface area contributed by atoms with Crippen molar-refractivity contribution in [2.24, 2.45) is 0 Å². The molecule has 3 amide bonds. The molecule has 0 spiro atoms. The number of anilines is 3. The summed E-state index contributed by atoms with van der Waals surface area (Å²) in [5, 5.41) is 5.85. The Morgan fingerprint density at radius 3 is 2.15 bits per heavy atom. The molecule has 2 N–H and O–H groups in total. The number of nitrogens with zero attached hydrogens (tertiary/aromatic N) is 1. The van der Waals surface area contributed by atoms with Gasteiger partial charge in [0.25, 0.3) is 17.7 Å². The number of carbonyl (C=O) groups excluding carboxylic acids is 3. The Balaban J connectivity index is 1.28. The molecule has 1 heterocycles. The zero-order chi connectivity index (χ0) is 27.5. The molecule has 0 saturated carbocycles. The summed E-state index contributed by atoms with van der Waals surface area (Å²) in [5.74, 6) is -0.473. The van der Waals surface area contributed by atoms with Crippen LogP contribution in [0.25, 0.3) is 0 Å². The van der Waals surface area contributed by atoms with E-state index in [-0.39, 0.29) is 27.3 Å². The smallest absolute Gasteiger partial charge is 0.283 e. The molecular weight excluding hydrogens is 561 g/mol. The lowest BCUT2D eigenvalue weighted by atomic mass is 10.1. The summed E-state index contributed by atoms with van der Waals surface area (Å²) in [6, 6.07) is 27.1. The maximum atomic E-state index is 13.1. The lowest BCUT2D eigenvalue weighted by Crippen LogP contribution is -2.32. The first kappa shape index (κ1) is 26.3. The molecule has 4 aromatic rings. The van der Waals surface area contributed by atoms with Gasteiger partial charge in [-0.15, -0.1) is 0 Å². The molecule has 4 aromatic carbocycles. The molecular formula is C29H18Cl3N3O4. The largest absolute Gasteiger partial charge is 0.457 e. The van der Waals surface area contributed by atoms with Gasteiger partial charge in [-0.3, -0.25) is 14.4 Å². The van der Waals surface area contributed by atoms with Crippen molar-refractivity contribution in [2.45, 2.75) is 0 Å². The first-order chi connectivity index (χ1) is 18.8. The number of para-hydroxylation sites is 1. The molecule has 0 aromatic heterocycles. The van der Waals surface area contributed by atoms with E-state index in [1.807, 2.05) is 30.3 Å². The minimum Gasteiger partial charge on any atom is -0.457 e. The van der Waals surface area contributed by atoms with Crippen molar-refractivity contribution >= 4 is 69.6 Å². The zero-order valence-corrected chi connectivity index (χ0v) is 22.2. The topological polar surface area (TPSA) is 87.7 Å². The van der Waals surface area contributed by atoms with Gasteiger partial charge in [0.2, 0.25) is 0 Å². The molecule has 0 aliphatic carbocycles. The Bertz CT molecular complexity index is 1620. The molecule has 7 nitrogen and oxygen atoms in total. The van der Waals surface area contributed by atoms with Crippen LogP contribution in [0.15, 0.2) is 108 Å². The summed E-state index contributed by atoms with van der Waals surface area (Å²) in [4.78, 5) is 39.6. The summed E-state index contributed by atoms with van der Waals surface area (Å²) < 4.78 is 5.77. The van der Waals surface area contributed by atoms with E-state index in [0.29, 0.717) is 33.5 Å². The van der Waals surface area contributed by atoms with Gasteiger partial charge in [-0.25, -0.2) is 4.90 Å². The maximum Gasteiger partial charge on any atom is 0.283 e. The summed E-state index contributed by atoms with van der Waals surface area (Å²) in [5.41, 5.74) is 1.28. The molecule has 0 fully saturated rings. The van der Waals surface area contributed by atoms with Crippen molar-refractivity contribution in [2.75, 3.05) is 15.5 Å². The van der Waals surface area contributed by atoms with E-state index >= 15 is 0 Å². The number of rotatable bonds is 7. The van der Waals surface area contributed by atoms with Crippen molar-refractivity contribution in [3.63, 3.8) is 0 Å². The number of carbonyl (C=O) groups is 3. The third-order valence-electron chi connectivity index (χ3n) is 5.66. The highest BCUT2D eigenvalue weighted by Crippen LogP contribution is 2.35. The molecule has 0 saturated heterocycles. The van der Waals surface area contributed by atoms with E-state index in [0.717, 1.165) is 4.90 Å². The summed E-state index contributed by atoms with van der Waals surface area (Å²) in [6.45, 7) is 0. The standard InChI is InChI=1S/C29H18Cl3N3O4/c30-18-9-14-24(23(31)16-18)35-28(37)25(32)26(29(35)38)33-20-6-4-5-17(15-20)27(36)34-19-10-12-22(13-11-19)39-21-7-2-1-3-8-21/h1-16,33H,(H,34,36). The number of ether oxygens (including phenoxy) is 1. The van der Waals surface area contributed by atoms with Crippen LogP contribution in [-0.2, 0) is 9.59 Å². The average molecular weight is 579 g/mol. The molecule has 10 heteroatoms. The quantitative estimate of drug-likeness (QED) is 0.222. The van der Waals surface area contributed by atoms with Gasteiger partial charge in [0, 0.05) is 22.0 Å². The van der Waals surface area contributed by atoms with Crippen LogP contribution in [-0.4, -0.2) is 17.7 Å². The fourth-order valence-corrected chi connectivity index (χ4v) is 4.52. The van der Waals surface area contributed by atoms with Gasteiger partial charge >= 0.3 is 0 Å². The third kappa shape index (κ3) is 5.76. The summed E-state index contributed by atoms with van der Waals surface area (Å²) >= 11 is 18.3. The van der Waals surface area contributed by atoms with E-state index in [9.17, 15) is 14.4 Å². The highest BCUT2D eigenvalue weighted by molar-refractivity contribution is 6.54. The second kappa shape index (κ2) is 11.2. The minimum atomic E-state index is -0.734. The predicted octanol–water partition coefficient (Wildman–Crippen LogP) is 7.47. The Kier molecular flexibility index (Phi) is 7.56. The number of halogens is 3. The highest BCUT2D eigenvalue weighted by atomic mass is 35.5. The number of benzene rings is 4. The molecule has 0 unspecified atom stereocenters. The van der Waals surface area contributed by atoms with Crippen molar-refractivity contribution < 1.29 is 19.1 Å². The normalized spacial score (nSPS) is 13.1. The molecule has 39 heavy (non-hydrogen) atoms. The molecule has 1 aliphatic rings. The van der Waals surface area contributed by atoms with Crippen molar-refractivity contribution in [3.8, 4) is 11.5 Å². The summed E-state index contributed by atoms with van der Waals surface area (Å²) in [7, 11) is 0. The van der Waals surface area contributed by atoms with E-state index in [1.165, 1.54) is 24.3 Å². The van der Waals surface area contributed by atoms with Gasteiger partial charge < -0.3 is 15.4 Å². The van der Waals surface area contributed by atoms with E-state index in [2.05, 4.69) is 10.6 Å². The number of amides is 3. The number of hydrogen-bond donors (Lipinski definition) is 2. The fraction of sp³-hybridized carbons (Fsp3) is 0. The van der Waals surface area contributed by atoms with Gasteiger partial charge in [-0.05, 0) is 72.8 Å². The van der Waals surface area contributed by atoms with E-state index < -0.39 is 11.8 Å². The Morgan fingerprint density at radius 1 is 0.718 bits per heavy atom. The molecule has 5 rings (SSSR count). The van der Waals surface area contributed by atoms with Crippen molar-refractivity contribution in [1.82, 2.24) is 0 Å². The number of imide groups is 1. The van der Waals surface area contributed by atoms with Crippen LogP contribution in [0, 0.1) is 0 Å². The molecule has 0 atom stereocenters. The van der Waals surface area contributed by atoms with E-state index in [1.54, 1.807) is 42.5 Å². The third-order valence-corrected chi connectivity index (χ3v) is 6.55. The first-order valence-electron chi connectivity index (χ1n) is 11.5. The average Bonchev–Trinajstić information content (AvgIpc) is 3.13. The molecule has 1 aliphatic heterocycles. The van der Waals surface area contributed by atoms with Crippen LogP contribution in [0.4, 0.5) is 17.1 Å². The van der Waals surface area contributed by atoms with Gasteiger partial charge in [-0.1, -0.05) is 59.1 Å². The van der Waals surface area contributed by atoms with Crippen molar-refractivity contribution in [3.05, 3.63) is 123 Å². The van der Waals surface area contributed by atoms with Gasteiger partial charge in [0.1, 0.15) is 22.2 Å². The Hall–Kier alpha value is -4.30. The van der Waals surface area contributed by atoms with Crippen molar-refractivity contribution in [1.29, 1.82) is 0 Å². The van der Waals surface area contributed by atoms with Gasteiger partial charge in [-0.2, -0.15) is 0 Å². The van der Waals surface area contributed by atoms with Gasteiger partial charge in [0.15, 0.2) is 0 Å². The Morgan fingerprint density at radius 2 is 1.44 bits per heavy atom. The lowest BCUT2D eigenvalue weighted by molar-refractivity contribution is -0.120. The molecule has 0 bridgehead atoms. The van der Waals surface area contributed by atoms with Crippen LogP contribution in [0.2, 0.25) is 10.0 Å². The predicted molar refractivity (Wildman–Crippen MR) is 153 cm³/mol. The number of nitrogens with one attached hydrogen (secondary N) is 2. The van der Waals surface area contributed by atoms with Crippen LogP contribution < -0.4 is 20.3 Å². The monoisotopic (exact) mass is 577 g/mol. The van der Waals surface area contributed by atoms with Gasteiger partial charge in [0.05, 0.1) is 10.7 Å². The van der Waals surface area contributed by atoms with Crippen LogP contribution in [0.3, 0.4) is 0 Å². The van der Waals surface area contributed by atoms with Crippen LogP contribution in [0.1, 0.15) is 10.4 Å². The maximum absolute atomic E-state index is 13.1. The lowest BCUT2D eigenvalue weighted by Gasteiger charge is -2.16. The zero-order valence-electron chi connectivity index (χ0n) is 20.0. The number of hydrogen-bond acceptors (Lipinski definition) is 5. The fourth-order valence-electron chi connectivity index (χ4n) is 3.81. The van der Waals surface area contributed by atoms with Crippen LogP contribution >= 0.6 is 34.8 Å². The second-order valence-electron chi connectivity index (χ2n) is 8.33. The van der Waals surface area contributed by atoms with E-state index in [4.69, 9.17) is 39.5 Å².